The molecule has 4 heterocycles. The van der Waals surface area contributed by atoms with E-state index in [1.807, 2.05) is 18.0 Å². The first-order valence-corrected chi connectivity index (χ1v) is 9.96. The fourth-order valence-electron chi connectivity index (χ4n) is 3.26. The van der Waals surface area contributed by atoms with Crippen LogP contribution in [0.15, 0.2) is 37.2 Å². The number of aryl methyl sites for hydroxylation is 1. The van der Waals surface area contributed by atoms with Crippen LogP contribution in [0.3, 0.4) is 0 Å². The van der Waals surface area contributed by atoms with Gasteiger partial charge in [-0.25, -0.2) is 15.0 Å². The second kappa shape index (κ2) is 8.30. The highest BCUT2D eigenvalue weighted by molar-refractivity contribution is 7.15. The summed E-state index contributed by atoms with van der Waals surface area (Å²) in [4.78, 5) is 35.7. The van der Waals surface area contributed by atoms with Crippen LogP contribution in [0, 0.1) is 6.92 Å². The lowest BCUT2D eigenvalue weighted by molar-refractivity contribution is -0.126. The number of aromatic amines is 1. The summed E-state index contributed by atoms with van der Waals surface area (Å²) >= 11 is 1.59. The van der Waals surface area contributed by atoms with Gasteiger partial charge >= 0.3 is 0 Å². The van der Waals surface area contributed by atoms with Crippen LogP contribution in [0.25, 0.3) is 6.08 Å². The van der Waals surface area contributed by atoms with Crippen LogP contribution >= 0.6 is 11.3 Å². The maximum atomic E-state index is 12.4. The van der Waals surface area contributed by atoms with E-state index in [4.69, 9.17) is 0 Å². The van der Waals surface area contributed by atoms with Gasteiger partial charge in [0.25, 0.3) is 0 Å². The third kappa shape index (κ3) is 4.25. The number of hydrogen-bond acceptors (Lipinski definition) is 7. The normalized spacial score (nSPS) is 15.2. The van der Waals surface area contributed by atoms with Gasteiger partial charge in [0.2, 0.25) is 5.91 Å². The molecule has 0 saturated carbocycles. The van der Waals surface area contributed by atoms with Gasteiger partial charge < -0.3 is 15.2 Å². The van der Waals surface area contributed by atoms with Crippen molar-refractivity contribution in [1.29, 1.82) is 0 Å². The van der Waals surface area contributed by atoms with Crippen LogP contribution in [0.2, 0.25) is 0 Å². The molecule has 28 heavy (non-hydrogen) atoms. The quantitative estimate of drug-likeness (QED) is 0.644. The number of rotatable bonds is 5. The number of hydrogen-bond donors (Lipinski definition) is 2. The molecule has 0 radical (unpaired) electrons. The fourth-order valence-corrected chi connectivity index (χ4v) is 3.92. The molecule has 8 nitrogen and oxygen atoms in total. The molecule has 2 N–H and O–H groups in total. The van der Waals surface area contributed by atoms with E-state index in [9.17, 15) is 4.79 Å². The maximum absolute atomic E-state index is 12.4. The van der Waals surface area contributed by atoms with Crippen molar-refractivity contribution in [2.75, 3.05) is 18.4 Å². The molecule has 3 aromatic heterocycles. The SMILES string of the molecule is Cc1cnc(Nc2nccnc2C2CCN(C(=O)/C=C/c3cnc[nH]3)CC2)s1. The molecule has 3 aromatic rings. The lowest BCUT2D eigenvalue weighted by Crippen LogP contribution is -2.37. The summed E-state index contributed by atoms with van der Waals surface area (Å²) in [7, 11) is 0. The average Bonchev–Trinajstić information content (AvgIpc) is 3.38. The van der Waals surface area contributed by atoms with Crippen molar-refractivity contribution in [1.82, 2.24) is 29.8 Å². The molecule has 144 valence electrons. The lowest BCUT2D eigenvalue weighted by Gasteiger charge is -2.31. The van der Waals surface area contributed by atoms with Gasteiger partial charge in [0, 0.05) is 48.6 Å². The highest BCUT2D eigenvalue weighted by Gasteiger charge is 2.26. The molecule has 0 aromatic carbocycles. The van der Waals surface area contributed by atoms with E-state index in [0.717, 1.165) is 40.1 Å². The van der Waals surface area contributed by atoms with Crippen LogP contribution in [-0.4, -0.2) is 48.8 Å². The average molecular weight is 395 g/mol. The molecule has 0 bridgehead atoms. The second-order valence-corrected chi connectivity index (χ2v) is 7.87. The lowest BCUT2D eigenvalue weighted by atomic mass is 9.93. The Balaban J connectivity index is 1.39. The van der Waals surface area contributed by atoms with E-state index in [0.29, 0.717) is 13.1 Å². The third-order valence-corrected chi connectivity index (χ3v) is 5.52. The van der Waals surface area contributed by atoms with Gasteiger partial charge in [0.15, 0.2) is 10.9 Å². The number of nitrogens with one attached hydrogen (secondary N) is 2. The van der Waals surface area contributed by atoms with Crippen molar-refractivity contribution in [3.05, 3.63) is 53.5 Å². The molecule has 0 spiro atoms. The minimum Gasteiger partial charge on any atom is -0.345 e. The van der Waals surface area contributed by atoms with Crippen molar-refractivity contribution in [2.24, 2.45) is 0 Å². The molecule has 4 rings (SSSR count). The molecule has 9 heteroatoms. The molecular weight excluding hydrogens is 374 g/mol. The summed E-state index contributed by atoms with van der Waals surface area (Å²) < 4.78 is 0. The summed E-state index contributed by atoms with van der Waals surface area (Å²) in [6.45, 7) is 3.42. The van der Waals surface area contributed by atoms with Gasteiger partial charge in [-0.05, 0) is 25.8 Å². The molecule has 0 aliphatic carbocycles. The van der Waals surface area contributed by atoms with Gasteiger partial charge in [-0.1, -0.05) is 0 Å². The summed E-state index contributed by atoms with van der Waals surface area (Å²) in [5.74, 6) is 1.03. The summed E-state index contributed by atoms with van der Waals surface area (Å²) in [6.07, 6.45) is 13.6. The smallest absolute Gasteiger partial charge is 0.246 e. The van der Waals surface area contributed by atoms with Crippen molar-refractivity contribution in [3.8, 4) is 0 Å². The molecule has 1 aliphatic rings. The van der Waals surface area contributed by atoms with Crippen molar-refractivity contribution in [3.63, 3.8) is 0 Å². The van der Waals surface area contributed by atoms with Crippen molar-refractivity contribution < 1.29 is 4.79 Å². The number of imidazole rings is 1. The Morgan fingerprint density at radius 3 is 2.79 bits per heavy atom. The fraction of sp³-hybridized carbons (Fsp3) is 0.316. The molecule has 1 saturated heterocycles. The van der Waals surface area contributed by atoms with Crippen LogP contribution < -0.4 is 5.32 Å². The van der Waals surface area contributed by atoms with E-state index >= 15 is 0 Å². The number of amides is 1. The first-order chi connectivity index (χ1) is 13.7. The molecule has 1 amide bonds. The van der Waals surface area contributed by atoms with Gasteiger partial charge in [-0.15, -0.1) is 11.3 Å². The predicted molar refractivity (Wildman–Crippen MR) is 108 cm³/mol. The Morgan fingerprint density at radius 1 is 1.25 bits per heavy atom. The van der Waals surface area contributed by atoms with Crippen LogP contribution in [0.4, 0.5) is 10.9 Å². The standard InChI is InChI=1S/C19H21N7OS/c1-13-10-23-19(28-13)25-18-17(21-6-7-22-18)14-4-8-26(9-5-14)16(27)3-2-15-11-20-12-24-15/h2-3,6-7,10-12,14H,4-5,8-9H2,1H3,(H,20,24)(H,22,23,25)/b3-2+. The van der Waals surface area contributed by atoms with E-state index in [1.54, 1.807) is 48.4 Å². The number of likely N-dealkylation sites (tertiary alicyclic amines) is 1. The monoisotopic (exact) mass is 395 g/mol. The minimum absolute atomic E-state index is 0.0174. The molecule has 0 unspecified atom stereocenters. The number of carbonyl (C=O) groups is 1. The zero-order valence-electron chi connectivity index (χ0n) is 15.5. The van der Waals surface area contributed by atoms with Gasteiger partial charge in [-0.3, -0.25) is 9.78 Å². The van der Waals surface area contributed by atoms with E-state index in [2.05, 4.69) is 30.2 Å². The number of anilines is 2. The van der Waals surface area contributed by atoms with Gasteiger partial charge in [0.05, 0.1) is 23.9 Å². The molecule has 0 atom stereocenters. The number of carbonyl (C=O) groups excluding carboxylic acids is 1. The van der Waals surface area contributed by atoms with Crippen molar-refractivity contribution in [2.45, 2.75) is 25.7 Å². The summed E-state index contributed by atoms with van der Waals surface area (Å²) in [6, 6.07) is 0. The van der Waals surface area contributed by atoms with Gasteiger partial charge in [0.1, 0.15) is 0 Å². The third-order valence-electron chi connectivity index (χ3n) is 4.69. The zero-order valence-corrected chi connectivity index (χ0v) is 16.3. The highest BCUT2D eigenvalue weighted by Crippen LogP contribution is 2.32. The number of aromatic nitrogens is 5. The predicted octanol–water partition coefficient (Wildman–Crippen LogP) is 3.13. The maximum Gasteiger partial charge on any atom is 0.246 e. The Morgan fingerprint density at radius 2 is 2.07 bits per heavy atom. The number of H-pyrrole nitrogens is 1. The Labute approximate surface area is 166 Å². The topological polar surface area (TPSA) is 99.7 Å². The first-order valence-electron chi connectivity index (χ1n) is 9.15. The zero-order chi connectivity index (χ0) is 19.3. The number of nitrogens with zero attached hydrogens (tertiary/aromatic N) is 5. The molecule has 1 fully saturated rings. The first kappa shape index (κ1) is 18.3. The van der Waals surface area contributed by atoms with Gasteiger partial charge in [-0.2, -0.15) is 0 Å². The number of thiazole rings is 1. The molecular formula is C19H21N7OS. The Hall–Kier alpha value is -3.07. The van der Waals surface area contributed by atoms with Crippen molar-refractivity contribution >= 4 is 34.3 Å². The Bertz CT molecular complexity index is 958. The number of piperidine rings is 1. The largest absolute Gasteiger partial charge is 0.345 e. The van der Waals surface area contributed by atoms with E-state index in [-0.39, 0.29) is 11.8 Å². The molecule has 1 aliphatic heterocycles. The minimum atomic E-state index is 0.0174. The van der Waals surface area contributed by atoms with Crippen LogP contribution in [0.1, 0.15) is 35.0 Å². The summed E-state index contributed by atoms with van der Waals surface area (Å²) in [5, 5.41) is 4.11. The second-order valence-electron chi connectivity index (χ2n) is 6.63. The van der Waals surface area contributed by atoms with E-state index in [1.165, 1.54) is 0 Å². The highest BCUT2D eigenvalue weighted by atomic mass is 32.1. The van der Waals surface area contributed by atoms with Crippen LogP contribution in [0.5, 0.6) is 0 Å². The summed E-state index contributed by atoms with van der Waals surface area (Å²) in [5.41, 5.74) is 1.76. The van der Waals surface area contributed by atoms with Crippen LogP contribution in [-0.2, 0) is 4.79 Å². The van der Waals surface area contributed by atoms with E-state index < -0.39 is 0 Å². The Kier molecular flexibility index (Phi) is 5.43.